The first-order chi connectivity index (χ1) is 14.5. The molecule has 4 rings (SSSR count). The topological polar surface area (TPSA) is 82.4 Å². The van der Waals surface area contributed by atoms with E-state index in [0.717, 1.165) is 3.97 Å². The zero-order valence-corrected chi connectivity index (χ0v) is 16.8. The molecule has 0 bridgehead atoms. The van der Waals surface area contributed by atoms with Crippen molar-refractivity contribution in [2.75, 3.05) is 7.11 Å². The standard InChI is InChI=1S/C23H17NO5S/c1-29-19-7-5-6-17(13-19)23(26)22-14-18-12-16(15-25)10-11-21(18)24(22)30(27,28)20-8-3-2-4-9-20/h2-15H,1H3. The molecular formula is C23H17NO5S. The number of aldehydes is 1. The van der Waals surface area contributed by atoms with Crippen LogP contribution in [0.15, 0.2) is 83.8 Å². The molecule has 30 heavy (non-hydrogen) atoms. The summed E-state index contributed by atoms with van der Waals surface area (Å²) in [4.78, 5) is 24.6. The number of fused-ring (bicyclic) bond motifs is 1. The van der Waals surface area contributed by atoms with E-state index in [0.29, 0.717) is 28.5 Å². The van der Waals surface area contributed by atoms with Crippen LogP contribution in [0.2, 0.25) is 0 Å². The first-order valence-electron chi connectivity index (χ1n) is 9.06. The summed E-state index contributed by atoms with van der Waals surface area (Å²) in [5.74, 6) is 0.00919. The van der Waals surface area contributed by atoms with Gasteiger partial charge in [-0.3, -0.25) is 9.59 Å². The highest BCUT2D eigenvalue weighted by Gasteiger charge is 2.27. The van der Waals surface area contributed by atoms with Crippen LogP contribution in [0.25, 0.3) is 10.9 Å². The Morgan fingerprint density at radius 1 is 0.933 bits per heavy atom. The Kier molecular flexibility index (Phi) is 4.97. The van der Waals surface area contributed by atoms with E-state index in [2.05, 4.69) is 0 Å². The number of hydrogen-bond donors (Lipinski definition) is 0. The van der Waals surface area contributed by atoms with Gasteiger partial charge < -0.3 is 4.74 Å². The average molecular weight is 419 g/mol. The van der Waals surface area contributed by atoms with Crippen LogP contribution in [0.3, 0.4) is 0 Å². The molecule has 6 nitrogen and oxygen atoms in total. The fourth-order valence-corrected chi connectivity index (χ4v) is 4.84. The Labute approximate surface area is 173 Å². The molecule has 7 heteroatoms. The van der Waals surface area contributed by atoms with Gasteiger partial charge in [-0.25, -0.2) is 12.4 Å². The van der Waals surface area contributed by atoms with Gasteiger partial charge in [-0.05, 0) is 48.5 Å². The van der Waals surface area contributed by atoms with Crippen LogP contribution >= 0.6 is 0 Å². The van der Waals surface area contributed by atoms with Gasteiger partial charge >= 0.3 is 0 Å². The molecule has 0 aliphatic heterocycles. The zero-order valence-electron chi connectivity index (χ0n) is 16.0. The van der Waals surface area contributed by atoms with Gasteiger partial charge in [-0.1, -0.05) is 30.3 Å². The third kappa shape index (κ3) is 3.29. The molecule has 0 spiro atoms. The zero-order chi connectivity index (χ0) is 21.3. The Morgan fingerprint density at radius 2 is 1.70 bits per heavy atom. The van der Waals surface area contributed by atoms with Crippen molar-refractivity contribution in [3.8, 4) is 5.75 Å². The second-order valence-corrected chi connectivity index (χ2v) is 8.40. The van der Waals surface area contributed by atoms with Crippen molar-refractivity contribution in [2.24, 2.45) is 0 Å². The molecule has 0 saturated carbocycles. The summed E-state index contributed by atoms with van der Waals surface area (Å²) < 4.78 is 33.1. The third-order valence-corrected chi connectivity index (χ3v) is 6.51. The lowest BCUT2D eigenvalue weighted by molar-refractivity contribution is 0.103. The van der Waals surface area contributed by atoms with Crippen molar-refractivity contribution >= 4 is 33.0 Å². The maximum Gasteiger partial charge on any atom is 0.268 e. The fraction of sp³-hybridized carbons (Fsp3) is 0.0435. The summed E-state index contributed by atoms with van der Waals surface area (Å²) in [5, 5.41) is 0.477. The molecule has 1 aromatic heterocycles. The highest BCUT2D eigenvalue weighted by atomic mass is 32.2. The Hall–Kier alpha value is -3.71. The lowest BCUT2D eigenvalue weighted by Crippen LogP contribution is -2.19. The van der Waals surface area contributed by atoms with Crippen LogP contribution in [-0.2, 0) is 10.0 Å². The highest BCUT2D eigenvalue weighted by Crippen LogP contribution is 2.28. The first kappa shape index (κ1) is 19.6. The third-order valence-electron chi connectivity index (χ3n) is 4.76. The molecule has 0 saturated heterocycles. The van der Waals surface area contributed by atoms with Gasteiger partial charge in [0.1, 0.15) is 17.7 Å². The summed E-state index contributed by atoms with van der Waals surface area (Å²) in [5.41, 5.74) is 0.968. The summed E-state index contributed by atoms with van der Waals surface area (Å²) in [6.45, 7) is 0. The Morgan fingerprint density at radius 3 is 2.40 bits per heavy atom. The van der Waals surface area contributed by atoms with E-state index in [4.69, 9.17) is 4.74 Å². The first-order valence-corrected chi connectivity index (χ1v) is 10.5. The predicted molar refractivity (Wildman–Crippen MR) is 113 cm³/mol. The highest BCUT2D eigenvalue weighted by molar-refractivity contribution is 7.90. The number of carbonyl (C=O) groups excluding carboxylic acids is 2. The van der Waals surface area contributed by atoms with Gasteiger partial charge in [-0.2, -0.15) is 0 Å². The van der Waals surface area contributed by atoms with E-state index < -0.39 is 15.8 Å². The van der Waals surface area contributed by atoms with E-state index in [1.807, 2.05) is 0 Å². The number of ether oxygens (including phenoxy) is 1. The molecule has 0 N–H and O–H groups in total. The normalized spacial score (nSPS) is 11.4. The molecule has 0 aliphatic carbocycles. The van der Waals surface area contributed by atoms with Crippen LogP contribution in [0.5, 0.6) is 5.75 Å². The number of rotatable bonds is 6. The Balaban J connectivity index is 2.00. The van der Waals surface area contributed by atoms with Gasteiger partial charge in [0.15, 0.2) is 0 Å². The van der Waals surface area contributed by atoms with Crippen molar-refractivity contribution in [2.45, 2.75) is 4.90 Å². The van der Waals surface area contributed by atoms with Gasteiger partial charge in [-0.15, -0.1) is 0 Å². The molecule has 0 aliphatic rings. The Bertz CT molecular complexity index is 1370. The monoisotopic (exact) mass is 419 g/mol. The van der Waals surface area contributed by atoms with E-state index in [-0.39, 0.29) is 16.2 Å². The lowest BCUT2D eigenvalue weighted by Gasteiger charge is -2.12. The number of benzene rings is 3. The lowest BCUT2D eigenvalue weighted by atomic mass is 10.1. The van der Waals surface area contributed by atoms with Gasteiger partial charge in [0.05, 0.1) is 17.5 Å². The number of nitrogens with zero attached hydrogens (tertiary/aromatic N) is 1. The van der Waals surface area contributed by atoms with Crippen molar-refractivity contribution in [1.82, 2.24) is 3.97 Å². The quantitative estimate of drug-likeness (QED) is 0.349. The minimum atomic E-state index is -4.06. The smallest absolute Gasteiger partial charge is 0.268 e. The van der Waals surface area contributed by atoms with E-state index >= 15 is 0 Å². The van der Waals surface area contributed by atoms with Crippen molar-refractivity contribution < 1.29 is 22.7 Å². The molecule has 0 radical (unpaired) electrons. The minimum absolute atomic E-state index is 0.0230. The van der Waals surface area contributed by atoms with Crippen molar-refractivity contribution in [3.63, 3.8) is 0 Å². The molecule has 1 heterocycles. The minimum Gasteiger partial charge on any atom is -0.497 e. The average Bonchev–Trinajstić information content (AvgIpc) is 3.18. The van der Waals surface area contributed by atoms with Crippen molar-refractivity contribution in [1.29, 1.82) is 0 Å². The van der Waals surface area contributed by atoms with E-state index in [9.17, 15) is 18.0 Å². The molecule has 0 unspecified atom stereocenters. The van der Waals surface area contributed by atoms with Crippen LogP contribution in [0.1, 0.15) is 26.4 Å². The van der Waals surface area contributed by atoms with E-state index in [1.165, 1.54) is 37.4 Å². The number of carbonyl (C=O) groups is 2. The summed E-state index contributed by atoms with van der Waals surface area (Å²) in [6.07, 6.45) is 0.673. The number of hydrogen-bond acceptors (Lipinski definition) is 5. The van der Waals surface area contributed by atoms with E-state index in [1.54, 1.807) is 48.5 Å². The summed E-state index contributed by atoms with van der Waals surface area (Å²) in [7, 11) is -2.58. The maximum atomic E-state index is 13.5. The van der Waals surface area contributed by atoms with Crippen LogP contribution < -0.4 is 4.74 Å². The van der Waals surface area contributed by atoms with Crippen LogP contribution in [0, 0.1) is 0 Å². The second-order valence-electron chi connectivity index (χ2n) is 6.61. The molecule has 4 aromatic rings. The molecule has 3 aromatic carbocycles. The van der Waals surface area contributed by atoms with Crippen molar-refractivity contribution in [3.05, 3.63) is 95.7 Å². The number of methoxy groups -OCH3 is 1. The summed E-state index contributed by atoms with van der Waals surface area (Å²) >= 11 is 0. The van der Waals surface area contributed by atoms with Gasteiger partial charge in [0, 0.05) is 16.5 Å². The summed E-state index contributed by atoms with van der Waals surface area (Å²) in [6, 6.07) is 20.5. The fourth-order valence-electron chi connectivity index (χ4n) is 3.31. The molecule has 150 valence electrons. The van der Waals surface area contributed by atoms with Gasteiger partial charge in [0.25, 0.3) is 10.0 Å². The molecule has 0 atom stereocenters. The number of aromatic nitrogens is 1. The number of ketones is 1. The molecule has 0 amide bonds. The van der Waals surface area contributed by atoms with Crippen LogP contribution in [0.4, 0.5) is 0 Å². The van der Waals surface area contributed by atoms with Crippen LogP contribution in [-0.4, -0.2) is 31.6 Å². The predicted octanol–water partition coefficient (Wildman–Crippen LogP) is 3.93. The molecule has 0 fully saturated rings. The SMILES string of the molecule is COc1cccc(C(=O)c2cc3cc(C=O)ccc3n2S(=O)(=O)c2ccccc2)c1. The maximum absolute atomic E-state index is 13.5. The second kappa shape index (κ2) is 7.61. The largest absolute Gasteiger partial charge is 0.497 e. The molecular weight excluding hydrogens is 402 g/mol. The van der Waals surface area contributed by atoms with Gasteiger partial charge in [0.2, 0.25) is 5.78 Å².